The molecule has 0 aliphatic rings. The fraction of sp³-hybridized carbons (Fsp3) is 0.167. The summed E-state index contributed by atoms with van der Waals surface area (Å²) in [5.41, 5.74) is 0.778. The summed E-state index contributed by atoms with van der Waals surface area (Å²) in [5, 5.41) is 2.72. The third-order valence-corrected chi connectivity index (χ3v) is 2.36. The lowest BCUT2D eigenvalue weighted by molar-refractivity contribution is 0.163. The van der Waals surface area contributed by atoms with Crippen molar-refractivity contribution >= 4 is 17.4 Å². The highest BCUT2D eigenvalue weighted by Crippen LogP contribution is 2.20. The number of anilines is 1. The van der Waals surface area contributed by atoms with Crippen molar-refractivity contribution in [2.75, 3.05) is 11.9 Å². The molecule has 0 fully saturated rings. The summed E-state index contributed by atoms with van der Waals surface area (Å²) in [6.07, 6.45) is -2.45. The van der Waals surface area contributed by atoms with Gasteiger partial charge in [-0.2, -0.15) is 0 Å². The van der Waals surface area contributed by atoms with Crippen LogP contribution in [0.3, 0.4) is 0 Å². The van der Waals surface area contributed by atoms with Crippen molar-refractivity contribution < 1.29 is 8.78 Å². The van der Waals surface area contributed by atoms with Crippen LogP contribution < -0.4 is 5.32 Å². The van der Waals surface area contributed by atoms with Gasteiger partial charge in [0.2, 0.25) is 0 Å². The van der Waals surface area contributed by atoms with E-state index in [1.165, 1.54) is 6.07 Å². The topological polar surface area (TPSA) is 37.8 Å². The highest BCUT2D eigenvalue weighted by atomic mass is 35.5. The molecule has 0 saturated heterocycles. The molecule has 0 bridgehead atoms. The number of benzene rings is 1. The zero-order chi connectivity index (χ0) is 13.0. The van der Waals surface area contributed by atoms with Crippen LogP contribution in [0.15, 0.2) is 36.4 Å². The van der Waals surface area contributed by atoms with Crippen molar-refractivity contribution in [3.05, 3.63) is 41.6 Å². The SMILES string of the molecule is FC(F)CNc1cc(Cl)nc(-c2ccccc2)n1. The van der Waals surface area contributed by atoms with E-state index >= 15 is 0 Å². The molecular formula is C12H10ClF2N3. The molecule has 1 aromatic heterocycles. The van der Waals surface area contributed by atoms with Gasteiger partial charge in [0.1, 0.15) is 11.0 Å². The molecule has 0 spiro atoms. The van der Waals surface area contributed by atoms with E-state index in [1.54, 1.807) is 0 Å². The third-order valence-electron chi connectivity index (χ3n) is 2.16. The first-order valence-corrected chi connectivity index (χ1v) is 5.65. The molecule has 0 aliphatic carbocycles. The van der Waals surface area contributed by atoms with Gasteiger partial charge in [-0.05, 0) is 0 Å². The number of aromatic nitrogens is 2. The summed E-state index contributed by atoms with van der Waals surface area (Å²) in [5.74, 6) is 0.689. The fourth-order valence-electron chi connectivity index (χ4n) is 1.41. The van der Waals surface area contributed by atoms with E-state index in [4.69, 9.17) is 11.6 Å². The van der Waals surface area contributed by atoms with Crippen molar-refractivity contribution in [1.82, 2.24) is 9.97 Å². The Balaban J connectivity index is 2.27. The van der Waals surface area contributed by atoms with Crippen LogP contribution in [-0.2, 0) is 0 Å². The van der Waals surface area contributed by atoms with Crippen LogP contribution in [0.4, 0.5) is 14.6 Å². The maximum atomic E-state index is 12.1. The molecule has 94 valence electrons. The molecule has 0 amide bonds. The Bertz CT molecular complexity index is 520. The van der Waals surface area contributed by atoms with Gasteiger partial charge in [0.25, 0.3) is 6.43 Å². The largest absolute Gasteiger partial charge is 0.364 e. The molecule has 0 atom stereocenters. The molecule has 2 rings (SSSR count). The first-order valence-electron chi connectivity index (χ1n) is 5.27. The molecule has 3 nitrogen and oxygen atoms in total. The maximum absolute atomic E-state index is 12.1. The second-order valence-corrected chi connectivity index (χ2v) is 3.92. The average molecular weight is 270 g/mol. The average Bonchev–Trinajstić information content (AvgIpc) is 2.37. The second kappa shape index (κ2) is 5.73. The predicted octanol–water partition coefficient (Wildman–Crippen LogP) is 3.47. The molecule has 18 heavy (non-hydrogen) atoms. The number of halogens is 3. The summed E-state index contributed by atoms with van der Waals surface area (Å²) in [6.45, 7) is -0.471. The van der Waals surface area contributed by atoms with Gasteiger partial charge in [0.15, 0.2) is 5.82 Å². The summed E-state index contributed by atoms with van der Waals surface area (Å²) in [4.78, 5) is 8.19. The number of hydrogen-bond acceptors (Lipinski definition) is 3. The van der Waals surface area contributed by atoms with Crippen molar-refractivity contribution in [2.45, 2.75) is 6.43 Å². The summed E-state index contributed by atoms with van der Waals surface area (Å²) >= 11 is 5.84. The summed E-state index contributed by atoms with van der Waals surface area (Å²) in [6, 6.07) is 10.6. The van der Waals surface area contributed by atoms with E-state index in [1.807, 2.05) is 30.3 Å². The molecule has 2 aromatic rings. The highest BCUT2D eigenvalue weighted by molar-refractivity contribution is 6.29. The molecule has 6 heteroatoms. The number of rotatable bonds is 4. The molecule has 0 aliphatic heterocycles. The molecule has 1 heterocycles. The zero-order valence-corrected chi connectivity index (χ0v) is 10.0. The highest BCUT2D eigenvalue weighted by Gasteiger charge is 2.07. The Morgan fingerprint density at radius 3 is 2.56 bits per heavy atom. The minimum Gasteiger partial charge on any atom is -0.364 e. The smallest absolute Gasteiger partial charge is 0.255 e. The maximum Gasteiger partial charge on any atom is 0.255 e. The normalized spacial score (nSPS) is 10.7. The van der Waals surface area contributed by atoms with Gasteiger partial charge in [-0.3, -0.25) is 0 Å². The number of nitrogens with zero attached hydrogens (tertiary/aromatic N) is 2. The monoisotopic (exact) mass is 269 g/mol. The lowest BCUT2D eigenvalue weighted by atomic mass is 10.2. The molecule has 0 radical (unpaired) electrons. The van der Waals surface area contributed by atoms with Crippen molar-refractivity contribution in [1.29, 1.82) is 0 Å². The van der Waals surface area contributed by atoms with Gasteiger partial charge in [0.05, 0.1) is 6.54 Å². The Morgan fingerprint density at radius 2 is 1.89 bits per heavy atom. The Kier molecular flexibility index (Phi) is 4.04. The van der Waals surface area contributed by atoms with Crippen LogP contribution in [0, 0.1) is 0 Å². The quantitative estimate of drug-likeness (QED) is 0.864. The van der Waals surface area contributed by atoms with Crippen molar-refractivity contribution in [3.63, 3.8) is 0 Å². The van der Waals surface area contributed by atoms with Crippen LogP contribution in [0.2, 0.25) is 5.15 Å². The van der Waals surface area contributed by atoms with E-state index in [9.17, 15) is 8.78 Å². The summed E-state index contributed by atoms with van der Waals surface area (Å²) < 4.78 is 24.2. The van der Waals surface area contributed by atoms with Crippen LogP contribution in [0.5, 0.6) is 0 Å². The molecule has 1 N–H and O–H groups in total. The van der Waals surface area contributed by atoms with Gasteiger partial charge >= 0.3 is 0 Å². The van der Waals surface area contributed by atoms with Crippen molar-refractivity contribution in [2.24, 2.45) is 0 Å². The van der Waals surface area contributed by atoms with Crippen LogP contribution in [0.25, 0.3) is 11.4 Å². The van der Waals surface area contributed by atoms with E-state index in [-0.39, 0.29) is 11.0 Å². The fourth-order valence-corrected chi connectivity index (χ4v) is 1.59. The predicted molar refractivity (Wildman–Crippen MR) is 67.0 cm³/mol. The lowest BCUT2D eigenvalue weighted by Crippen LogP contribution is -2.11. The first kappa shape index (κ1) is 12.7. The van der Waals surface area contributed by atoms with Crippen LogP contribution in [-0.4, -0.2) is 22.9 Å². The Labute approximate surface area is 108 Å². The van der Waals surface area contributed by atoms with Gasteiger partial charge in [-0.1, -0.05) is 41.9 Å². The van der Waals surface area contributed by atoms with Gasteiger partial charge in [-0.25, -0.2) is 18.7 Å². The van der Waals surface area contributed by atoms with E-state index in [0.717, 1.165) is 5.56 Å². The number of alkyl halides is 2. The minimum absolute atomic E-state index is 0.209. The van der Waals surface area contributed by atoms with Crippen LogP contribution in [0.1, 0.15) is 0 Å². The summed E-state index contributed by atoms with van der Waals surface area (Å²) in [7, 11) is 0. The third kappa shape index (κ3) is 3.37. The molecule has 0 saturated carbocycles. The Hall–Kier alpha value is -1.75. The van der Waals surface area contributed by atoms with E-state index < -0.39 is 13.0 Å². The molecule has 1 aromatic carbocycles. The number of nitrogens with one attached hydrogen (secondary N) is 1. The molecule has 0 unspecified atom stereocenters. The zero-order valence-electron chi connectivity index (χ0n) is 9.28. The Morgan fingerprint density at radius 1 is 1.17 bits per heavy atom. The first-order chi connectivity index (χ1) is 8.65. The lowest BCUT2D eigenvalue weighted by Gasteiger charge is -2.07. The molecular weight excluding hydrogens is 260 g/mol. The van der Waals surface area contributed by atoms with E-state index in [0.29, 0.717) is 5.82 Å². The second-order valence-electron chi connectivity index (χ2n) is 3.54. The number of hydrogen-bond donors (Lipinski definition) is 1. The van der Waals surface area contributed by atoms with Crippen LogP contribution >= 0.6 is 11.6 Å². The minimum atomic E-state index is -2.45. The van der Waals surface area contributed by atoms with Gasteiger partial charge < -0.3 is 5.32 Å². The van der Waals surface area contributed by atoms with Gasteiger partial charge in [-0.15, -0.1) is 0 Å². The van der Waals surface area contributed by atoms with E-state index in [2.05, 4.69) is 15.3 Å². The standard InChI is InChI=1S/C12H10ClF2N3/c13-9-6-11(16-7-10(14)15)18-12(17-9)8-4-2-1-3-5-8/h1-6,10H,7H2,(H,16,17,18). The van der Waals surface area contributed by atoms with Crippen molar-refractivity contribution in [3.8, 4) is 11.4 Å². The van der Waals surface area contributed by atoms with Gasteiger partial charge in [0, 0.05) is 11.6 Å².